The van der Waals surface area contributed by atoms with Gasteiger partial charge in [0.1, 0.15) is 25.4 Å². The molecule has 4 aromatic rings. The molecule has 0 radical (unpaired) electrons. The minimum absolute atomic E-state index is 0.0184. The Hall–Kier alpha value is -4.42. The fourth-order valence-electron chi connectivity index (χ4n) is 8.65. The number of esters is 2. The largest absolute Gasteiger partial charge is 0.463 e. The lowest BCUT2D eigenvalue weighted by Gasteiger charge is -2.40. The number of benzene rings is 4. The van der Waals surface area contributed by atoms with E-state index < -0.39 is 12.2 Å². The van der Waals surface area contributed by atoms with E-state index in [0.29, 0.717) is 25.9 Å². The molecule has 0 spiro atoms. The van der Waals surface area contributed by atoms with Gasteiger partial charge in [0.05, 0.1) is 12.1 Å². The van der Waals surface area contributed by atoms with Gasteiger partial charge in [-0.1, -0.05) is 147 Å². The van der Waals surface area contributed by atoms with Gasteiger partial charge in [-0.25, -0.2) is 0 Å². The first-order chi connectivity index (χ1) is 29.4. The second-order valence-electron chi connectivity index (χ2n) is 16.4. The van der Waals surface area contributed by atoms with E-state index in [1.165, 1.54) is 22.3 Å². The summed E-state index contributed by atoms with van der Waals surface area (Å²) < 4.78 is 10.8. The molecule has 4 aromatic carbocycles. The summed E-state index contributed by atoms with van der Waals surface area (Å²) in [5.74, 6) is -0.529. The third-order valence-electron chi connectivity index (χ3n) is 11.8. The van der Waals surface area contributed by atoms with Crippen molar-refractivity contribution in [2.24, 2.45) is 0 Å². The van der Waals surface area contributed by atoms with Crippen molar-refractivity contribution >= 4 is 11.9 Å². The van der Waals surface area contributed by atoms with Crippen LogP contribution in [0.5, 0.6) is 0 Å². The topological polar surface area (TPSA) is 106 Å². The summed E-state index contributed by atoms with van der Waals surface area (Å²) >= 11 is 0. The first-order valence-corrected chi connectivity index (χ1v) is 22.2. The van der Waals surface area contributed by atoms with Crippen LogP contribution in [0.1, 0.15) is 85.7 Å². The van der Waals surface area contributed by atoms with Gasteiger partial charge in [-0.2, -0.15) is 0 Å². The number of nitrogens with zero attached hydrogens (tertiary/aromatic N) is 4. The highest BCUT2D eigenvalue weighted by Crippen LogP contribution is 2.31. The molecule has 2 N–H and O–H groups in total. The number of rotatable bonds is 23. The van der Waals surface area contributed by atoms with Crippen molar-refractivity contribution in [3.8, 4) is 0 Å². The lowest BCUT2D eigenvalue weighted by atomic mass is 9.96. The van der Waals surface area contributed by atoms with Crippen molar-refractivity contribution < 1.29 is 29.3 Å². The van der Waals surface area contributed by atoms with Gasteiger partial charge in [-0.3, -0.25) is 29.2 Å². The molecule has 10 heteroatoms. The molecule has 6 rings (SSSR count). The first kappa shape index (κ1) is 45.1. The Kier molecular flexibility index (Phi) is 18.6. The molecule has 2 aliphatic rings. The number of hydrogen-bond acceptors (Lipinski definition) is 10. The Morgan fingerprint density at radius 1 is 0.433 bits per heavy atom. The van der Waals surface area contributed by atoms with Crippen molar-refractivity contribution in [3.05, 3.63) is 144 Å². The molecule has 60 heavy (non-hydrogen) atoms. The summed E-state index contributed by atoms with van der Waals surface area (Å²) in [6.07, 6.45) is 4.55. The summed E-state index contributed by atoms with van der Waals surface area (Å²) in [7, 11) is 0. The average Bonchev–Trinajstić information content (AvgIpc) is 3.29. The van der Waals surface area contributed by atoms with Crippen molar-refractivity contribution in [1.82, 2.24) is 19.6 Å². The van der Waals surface area contributed by atoms with E-state index in [4.69, 9.17) is 9.47 Å². The fourth-order valence-corrected chi connectivity index (χ4v) is 8.65. The molecule has 2 fully saturated rings. The number of unbranched alkanes of at least 4 members (excludes halogenated alkanes) is 5. The van der Waals surface area contributed by atoms with Gasteiger partial charge in [0.25, 0.3) is 0 Å². The van der Waals surface area contributed by atoms with Crippen molar-refractivity contribution in [2.75, 3.05) is 78.7 Å². The van der Waals surface area contributed by atoms with E-state index in [-0.39, 0.29) is 37.2 Å². The number of carbonyl (C=O) groups excluding carboxylic acids is 2. The van der Waals surface area contributed by atoms with Gasteiger partial charge in [-0.05, 0) is 35.1 Å². The third-order valence-corrected chi connectivity index (χ3v) is 11.8. The van der Waals surface area contributed by atoms with Crippen molar-refractivity contribution in [3.63, 3.8) is 0 Å². The molecule has 2 atom stereocenters. The number of aliphatic hydroxyl groups excluding tert-OH is 2. The van der Waals surface area contributed by atoms with E-state index in [2.05, 4.69) is 141 Å². The van der Waals surface area contributed by atoms with E-state index in [1.54, 1.807) is 0 Å². The summed E-state index contributed by atoms with van der Waals surface area (Å²) in [5.41, 5.74) is 5.12. The van der Waals surface area contributed by atoms with Gasteiger partial charge in [0.2, 0.25) is 0 Å². The number of piperazine rings is 2. The first-order valence-electron chi connectivity index (χ1n) is 22.2. The second kappa shape index (κ2) is 24.7. The normalized spacial score (nSPS) is 16.8. The zero-order valence-electron chi connectivity index (χ0n) is 35.3. The van der Waals surface area contributed by atoms with Crippen LogP contribution >= 0.6 is 0 Å². The fraction of sp³-hybridized carbons (Fsp3) is 0.480. The zero-order valence-corrected chi connectivity index (χ0v) is 35.3. The van der Waals surface area contributed by atoms with Crippen LogP contribution in [-0.4, -0.2) is 133 Å². The van der Waals surface area contributed by atoms with Crippen LogP contribution in [0.2, 0.25) is 0 Å². The lowest BCUT2D eigenvalue weighted by molar-refractivity contribution is -0.148. The molecule has 0 saturated carbocycles. The number of β-amino-alcohol motifs (C(OH)–C–C–N with tert-alkyl or cyclic N) is 2. The molecule has 2 saturated heterocycles. The maximum atomic E-state index is 12.4. The quantitative estimate of drug-likeness (QED) is 0.0619. The van der Waals surface area contributed by atoms with Crippen LogP contribution in [0.15, 0.2) is 121 Å². The van der Waals surface area contributed by atoms with Crippen LogP contribution < -0.4 is 0 Å². The number of carbonyl (C=O) groups is 2. The predicted octanol–water partition coefficient (Wildman–Crippen LogP) is 6.73. The van der Waals surface area contributed by atoms with Gasteiger partial charge in [0, 0.05) is 78.3 Å². The van der Waals surface area contributed by atoms with Crippen molar-refractivity contribution in [1.29, 1.82) is 0 Å². The molecular formula is C50H66N4O6. The summed E-state index contributed by atoms with van der Waals surface area (Å²) in [5, 5.41) is 21.3. The molecule has 10 nitrogen and oxygen atoms in total. The van der Waals surface area contributed by atoms with Gasteiger partial charge in [0.15, 0.2) is 0 Å². The molecule has 0 bridgehead atoms. The standard InChI is InChI=1S/C50H66N4O6/c55-45(37-51-29-33-53(34-30-51)49(41-19-9-5-10-20-41)42-21-11-6-12-22-42)39-59-47(57)27-17-3-1-2-4-18-28-48(58)60-40-46(56)38-52-31-35-54(36-32-52)50(43-23-13-7-14-24-43)44-25-15-8-16-26-44/h5-16,19-26,45-46,49-50,55-56H,1-4,17-18,27-40H2. The Labute approximate surface area is 357 Å². The van der Waals surface area contributed by atoms with Gasteiger partial charge < -0.3 is 19.7 Å². The van der Waals surface area contributed by atoms with Crippen LogP contribution in [-0.2, 0) is 19.1 Å². The van der Waals surface area contributed by atoms with Crippen LogP contribution in [0.3, 0.4) is 0 Å². The third kappa shape index (κ3) is 14.6. The molecule has 322 valence electrons. The van der Waals surface area contributed by atoms with Gasteiger partial charge >= 0.3 is 11.9 Å². The summed E-state index contributed by atoms with van der Waals surface area (Å²) in [6.45, 7) is 7.95. The van der Waals surface area contributed by atoms with E-state index >= 15 is 0 Å². The molecule has 2 unspecified atom stereocenters. The van der Waals surface area contributed by atoms with Crippen LogP contribution in [0, 0.1) is 0 Å². The van der Waals surface area contributed by atoms with E-state index in [0.717, 1.165) is 90.9 Å². The highest BCUT2D eigenvalue weighted by Gasteiger charge is 2.29. The molecule has 2 heterocycles. The Bertz CT molecular complexity index is 1570. The highest BCUT2D eigenvalue weighted by molar-refractivity contribution is 5.69. The smallest absolute Gasteiger partial charge is 0.305 e. The van der Waals surface area contributed by atoms with Crippen LogP contribution in [0.25, 0.3) is 0 Å². The summed E-state index contributed by atoms with van der Waals surface area (Å²) in [4.78, 5) is 34.3. The minimum Gasteiger partial charge on any atom is -0.463 e. The molecular weight excluding hydrogens is 753 g/mol. The Morgan fingerprint density at radius 2 is 0.717 bits per heavy atom. The zero-order chi connectivity index (χ0) is 41.8. The molecule has 0 aliphatic carbocycles. The summed E-state index contributed by atoms with van der Waals surface area (Å²) in [6, 6.07) is 42.9. The highest BCUT2D eigenvalue weighted by atomic mass is 16.5. The lowest BCUT2D eigenvalue weighted by Crippen LogP contribution is -2.50. The molecule has 0 aromatic heterocycles. The van der Waals surface area contributed by atoms with Gasteiger partial charge in [-0.15, -0.1) is 0 Å². The monoisotopic (exact) mass is 818 g/mol. The Balaban J connectivity index is 0.754. The van der Waals surface area contributed by atoms with Crippen molar-refractivity contribution in [2.45, 2.75) is 75.7 Å². The number of aliphatic hydroxyl groups is 2. The number of hydrogen-bond donors (Lipinski definition) is 2. The number of ether oxygens (including phenoxy) is 2. The minimum atomic E-state index is -0.713. The Morgan fingerprint density at radius 3 is 1.02 bits per heavy atom. The SMILES string of the molecule is O=C(CCCCCCCCC(=O)OCC(O)CN1CCN(C(c2ccccc2)c2ccccc2)CC1)OCC(O)CN1CCN(C(c2ccccc2)c2ccccc2)CC1. The predicted molar refractivity (Wildman–Crippen MR) is 236 cm³/mol. The molecule has 2 aliphatic heterocycles. The van der Waals surface area contributed by atoms with E-state index in [1.807, 2.05) is 0 Å². The van der Waals surface area contributed by atoms with Crippen LogP contribution in [0.4, 0.5) is 0 Å². The van der Waals surface area contributed by atoms with E-state index in [9.17, 15) is 19.8 Å². The average molecular weight is 819 g/mol. The maximum absolute atomic E-state index is 12.4. The maximum Gasteiger partial charge on any atom is 0.305 e. The molecule has 0 amide bonds. The second-order valence-corrected chi connectivity index (χ2v) is 16.4.